The lowest BCUT2D eigenvalue weighted by Crippen LogP contribution is -2.24. The number of nitrogens with one attached hydrogen (secondary N) is 1. The van der Waals surface area contributed by atoms with Gasteiger partial charge >= 0.3 is 5.97 Å². The molecule has 144 valence electrons. The van der Waals surface area contributed by atoms with Crippen LogP contribution < -0.4 is 11.1 Å². The molecule has 0 fully saturated rings. The topological polar surface area (TPSA) is 155 Å². The van der Waals surface area contributed by atoms with Gasteiger partial charge in [-0.05, 0) is 24.7 Å². The number of ketones is 1. The van der Waals surface area contributed by atoms with Gasteiger partial charge in [0.1, 0.15) is 12.0 Å². The molecule has 0 aliphatic carbocycles. The molecule has 0 aliphatic rings. The van der Waals surface area contributed by atoms with Gasteiger partial charge in [0, 0.05) is 25.5 Å². The summed E-state index contributed by atoms with van der Waals surface area (Å²) in [6.07, 6.45) is 2.59. The van der Waals surface area contributed by atoms with Crippen molar-refractivity contribution in [1.29, 1.82) is 0 Å². The Balaban J connectivity index is 0.000000531. The van der Waals surface area contributed by atoms with E-state index in [0.29, 0.717) is 13.0 Å². The van der Waals surface area contributed by atoms with E-state index in [2.05, 4.69) is 27.7 Å². The molecule has 1 aromatic heterocycles. The molecule has 0 aliphatic heterocycles. The van der Waals surface area contributed by atoms with Crippen molar-refractivity contribution >= 4 is 41.8 Å². The van der Waals surface area contributed by atoms with Gasteiger partial charge in [0.15, 0.2) is 0 Å². The normalized spacial score (nSPS) is 9.46. The monoisotopic (exact) mass is 386 g/mol. The second kappa shape index (κ2) is 13.6. The summed E-state index contributed by atoms with van der Waals surface area (Å²) in [6, 6.07) is 2.69. The molecule has 1 rings (SSSR count). The fraction of sp³-hybridized carbons (Fsp3) is 0.467. The minimum atomic E-state index is -0.851. The van der Waals surface area contributed by atoms with Crippen molar-refractivity contribution in [3.63, 3.8) is 0 Å². The maximum atomic E-state index is 11.2. The van der Waals surface area contributed by atoms with Gasteiger partial charge in [0.2, 0.25) is 11.7 Å². The first-order valence-corrected chi connectivity index (χ1v) is 8.29. The number of carbonyl (C=O) groups excluding carboxylic acids is 3. The number of nitro groups is 1. The third-order valence-corrected chi connectivity index (χ3v) is 3.18. The van der Waals surface area contributed by atoms with Crippen LogP contribution in [0.15, 0.2) is 18.3 Å². The molecule has 0 spiro atoms. The van der Waals surface area contributed by atoms with Crippen LogP contribution in [-0.2, 0) is 19.1 Å². The standard InChI is InChI=1S/C10H17NO4S.C5H5N3O2/c1-15-10(14)8(12)4-2-5-9(13)11-6-3-7-16;6-5-2-1-4(3-7-5)8(9)10/h16H,2-7H2,1H3,(H,11,13);1-3H,(H2,6,7). The number of hydrogen-bond acceptors (Lipinski definition) is 9. The van der Waals surface area contributed by atoms with Gasteiger partial charge in [-0.1, -0.05) is 0 Å². The number of carbonyl (C=O) groups is 3. The molecule has 0 radical (unpaired) electrons. The van der Waals surface area contributed by atoms with Crippen LogP contribution >= 0.6 is 12.6 Å². The molecule has 26 heavy (non-hydrogen) atoms. The average molecular weight is 386 g/mol. The van der Waals surface area contributed by atoms with E-state index < -0.39 is 16.7 Å². The first kappa shape index (κ1) is 23.3. The third-order valence-electron chi connectivity index (χ3n) is 2.86. The molecule has 0 aromatic carbocycles. The maximum Gasteiger partial charge on any atom is 0.374 e. The van der Waals surface area contributed by atoms with Crippen LogP contribution in [0.1, 0.15) is 25.7 Å². The van der Waals surface area contributed by atoms with E-state index in [1.165, 1.54) is 12.1 Å². The Morgan fingerprint density at radius 1 is 1.31 bits per heavy atom. The molecule has 11 heteroatoms. The fourth-order valence-electron chi connectivity index (χ4n) is 1.53. The molecular formula is C15H22N4O6S. The van der Waals surface area contributed by atoms with Gasteiger partial charge in [-0.3, -0.25) is 19.7 Å². The molecule has 1 aromatic rings. The van der Waals surface area contributed by atoms with Crippen LogP contribution in [0.2, 0.25) is 0 Å². The van der Waals surface area contributed by atoms with Gasteiger partial charge in [-0.2, -0.15) is 12.6 Å². The number of hydrogen-bond donors (Lipinski definition) is 3. The summed E-state index contributed by atoms with van der Waals surface area (Å²) >= 11 is 4.01. The average Bonchev–Trinajstić information content (AvgIpc) is 2.62. The van der Waals surface area contributed by atoms with Crippen LogP contribution in [0.25, 0.3) is 0 Å². The summed E-state index contributed by atoms with van der Waals surface area (Å²) in [6.45, 7) is 0.591. The SMILES string of the molecule is COC(=O)C(=O)CCCC(=O)NCCCS.Nc1ccc([N+](=O)[O-])cn1. The molecule has 0 bridgehead atoms. The highest BCUT2D eigenvalue weighted by Gasteiger charge is 2.13. The number of rotatable bonds is 9. The quantitative estimate of drug-likeness (QED) is 0.141. The van der Waals surface area contributed by atoms with E-state index in [1.54, 1.807) is 0 Å². The number of amides is 1. The maximum absolute atomic E-state index is 11.2. The number of methoxy groups -OCH3 is 1. The summed E-state index contributed by atoms with van der Waals surface area (Å²) in [7, 11) is 1.16. The molecule has 10 nitrogen and oxygen atoms in total. The van der Waals surface area contributed by atoms with Crippen molar-refractivity contribution in [2.24, 2.45) is 0 Å². The van der Waals surface area contributed by atoms with Crippen LogP contribution in [0, 0.1) is 10.1 Å². The Hall–Kier alpha value is -2.69. The highest BCUT2D eigenvalue weighted by atomic mass is 32.1. The predicted molar refractivity (Wildman–Crippen MR) is 97.7 cm³/mol. The number of nitrogens with zero attached hydrogens (tertiary/aromatic N) is 2. The number of aromatic nitrogens is 1. The molecule has 0 saturated carbocycles. The smallest absolute Gasteiger partial charge is 0.374 e. The summed E-state index contributed by atoms with van der Waals surface area (Å²) in [4.78, 5) is 45.9. The summed E-state index contributed by atoms with van der Waals surface area (Å²) in [5.74, 6) is -0.549. The predicted octanol–water partition coefficient (Wildman–Crippen LogP) is 0.907. The molecule has 0 unspecified atom stereocenters. The minimum absolute atomic E-state index is 0.0470. The molecule has 1 amide bonds. The van der Waals surface area contributed by atoms with Crippen LogP contribution in [0.5, 0.6) is 0 Å². The Labute approximate surface area is 156 Å². The number of nitrogen functional groups attached to an aromatic ring is 1. The Bertz CT molecular complexity index is 609. The molecule has 3 N–H and O–H groups in total. The zero-order valence-electron chi connectivity index (χ0n) is 14.3. The lowest BCUT2D eigenvalue weighted by Gasteiger charge is -2.03. The number of nitrogens with two attached hydrogens (primary N) is 1. The zero-order valence-corrected chi connectivity index (χ0v) is 15.2. The molecule has 0 saturated heterocycles. The minimum Gasteiger partial charge on any atom is -0.463 e. The second-order valence-electron chi connectivity index (χ2n) is 4.89. The number of esters is 1. The number of Topliss-reactive ketones (excluding diaryl/α,β-unsaturated/α-hetero) is 1. The highest BCUT2D eigenvalue weighted by Crippen LogP contribution is 2.08. The Kier molecular flexibility index (Phi) is 12.2. The van der Waals surface area contributed by atoms with E-state index in [-0.39, 0.29) is 30.3 Å². The van der Waals surface area contributed by atoms with Crippen LogP contribution in [0.4, 0.5) is 11.5 Å². The first-order chi connectivity index (χ1) is 12.3. The van der Waals surface area contributed by atoms with E-state index in [9.17, 15) is 24.5 Å². The fourth-order valence-corrected chi connectivity index (χ4v) is 1.68. The van der Waals surface area contributed by atoms with Gasteiger partial charge in [0.25, 0.3) is 5.69 Å². The third kappa shape index (κ3) is 11.0. The van der Waals surface area contributed by atoms with Crippen LogP contribution in [-0.4, -0.2) is 47.0 Å². The van der Waals surface area contributed by atoms with Gasteiger partial charge in [-0.25, -0.2) is 9.78 Å². The molecule has 1 heterocycles. The summed E-state index contributed by atoms with van der Waals surface area (Å²) in [5, 5.41) is 12.7. The van der Waals surface area contributed by atoms with E-state index in [4.69, 9.17) is 5.73 Å². The number of anilines is 1. The largest absolute Gasteiger partial charge is 0.463 e. The summed E-state index contributed by atoms with van der Waals surface area (Å²) < 4.78 is 4.25. The Morgan fingerprint density at radius 3 is 2.50 bits per heavy atom. The lowest BCUT2D eigenvalue weighted by molar-refractivity contribution is -0.385. The van der Waals surface area contributed by atoms with Crippen molar-refractivity contribution in [2.75, 3.05) is 25.1 Å². The second-order valence-corrected chi connectivity index (χ2v) is 5.34. The van der Waals surface area contributed by atoms with E-state index in [1.807, 2.05) is 0 Å². The highest BCUT2D eigenvalue weighted by molar-refractivity contribution is 7.80. The lowest BCUT2D eigenvalue weighted by atomic mass is 10.1. The van der Waals surface area contributed by atoms with Crippen molar-refractivity contribution in [3.8, 4) is 0 Å². The molecule has 0 atom stereocenters. The summed E-state index contributed by atoms with van der Waals surface area (Å²) in [5.41, 5.74) is 5.15. The van der Waals surface area contributed by atoms with Crippen molar-refractivity contribution in [2.45, 2.75) is 25.7 Å². The number of pyridine rings is 1. The van der Waals surface area contributed by atoms with Crippen molar-refractivity contribution in [3.05, 3.63) is 28.4 Å². The Morgan fingerprint density at radius 2 is 2.00 bits per heavy atom. The molecular weight excluding hydrogens is 364 g/mol. The van der Waals surface area contributed by atoms with Crippen molar-refractivity contribution in [1.82, 2.24) is 10.3 Å². The van der Waals surface area contributed by atoms with E-state index >= 15 is 0 Å². The van der Waals surface area contributed by atoms with Gasteiger partial charge < -0.3 is 15.8 Å². The number of thiol groups is 1. The van der Waals surface area contributed by atoms with Crippen LogP contribution in [0.3, 0.4) is 0 Å². The van der Waals surface area contributed by atoms with Crippen molar-refractivity contribution < 1.29 is 24.0 Å². The van der Waals surface area contributed by atoms with Gasteiger partial charge in [-0.15, -0.1) is 0 Å². The zero-order chi connectivity index (χ0) is 19.9. The first-order valence-electron chi connectivity index (χ1n) is 7.66. The number of ether oxygens (including phenoxy) is 1. The van der Waals surface area contributed by atoms with E-state index in [0.717, 1.165) is 25.5 Å². The van der Waals surface area contributed by atoms with Gasteiger partial charge in [0.05, 0.1) is 12.0 Å².